The van der Waals surface area contributed by atoms with E-state index in [4.69, 9.17) is 0 Å². The fourth-order valence-corrected chi connectivity index (χ4v) is 4.09. The summed E-state index contributed by atoms with van der Waals surface area (Å²) in [6, 6.07) is 9.05. The molecule has 1 N–H and O–H groups in total. The predicted molar refractivity (Wildman–Crippen MR) is 128 cm³/mol. The Kier molecular flexibility index (Phi) is 12.7. The quantitative estimate of drug-likeness (QED) is 0.384. The summed E-state index contributed by atoms with van der Waals surface area (Å²) in [6.45, 7) is 17.8. The van der Waals surface area contributed by atoms with Crippen LogP contribution in [0, 0.1) is 5.92 Å². The highest BCUT2D eigenvalue weighted by atomic mass is 16.3. The molecule has 0 heterocycles. The number of benzene rings is 1. The fraction of sp³-hybridized carbons (Fsp3) is 0.630. The second kappa shape index (κ2) is 14.4. The molecule has 164 valence electrons. The van der Waals surface area contributed by atoms with Crippen molar-refractivity contribution in [2.24, 2.45) is 5.92 Å². The van der Waals surface area contributed by atoms with E-state index in [9.17, 15) is 5.11 Å². The molecule has 29 heavy (non-hydrogen) atoms. The van der Waals surface area contributed by atoms with Crippen LogP contribution in [0.3, 0.4) is 0 Å². The first kappa shape index (κ1) is 25.5. The normalized spacial score (nSPS) is 14.8. The van der Waals surface area contributed by atoms with Crippen molar-refractivity contribution in [2.45, 2.75) is 97.9 Å². The van der Waals surface area contributed by atoms with Crippen LogP contribution in [-0.2, 0) is 6.54 Å². The van der Waals surface area contributed by atoms with Crippen LogP contribution in [0.4, 0.5) is 0 Å². The van der Waals surface area contributed by atoms with Crippen LogP contribution in [0.2, 0.25) is 0 Å². The SMILES string of the molecule is C=C(CO)N(Cc1ccc(C(C)C2CCCC2)cc1)C(=C)CCCCC.CCC. The summed E-state index contributed by atoms with van der Waals surface area (Å²) < 4.78 is 0. The fourth-order valence-electron chi connectivity index (χ4n) is 4.09. The summed E-state index contributed by atoms with van der Waals surface area (Å²) in [5.41, 5.74) is 4.49. The molecule has 1 fully saturated rings. The second-order valence-electron chi connectivity index (χ2n) is 8.62. The third-order valence-electron chi connectivity index (χ3n) is 5.97. The third kappa shape index (κ3) is 8.78. The van der Waals surface area contributed by atoms with Crippen LogP contribution in [0.25, 0.3) is 0 Å². The molecule has 1 atom stereocenters. The number of allylic oxidation sites excluding steroid dienone is 1. The minimum atomic E-state index is -0.0242. The Morgan fingerprint density at radius 1 is 1.03 bits per heavy atom. The van der Waals surface area contributed by atoms with E-state index in [1.54, 1.807) is 0 Å². The lowest BCUT2D eigenvalue weighted by Crippen LogP contribution is -2.23. The summed E-state index contributed by atoms with van der Waals surface area (Å²) in [7, 11) is 0. The van der Waals surface area contributed by atoms with Gasteiger partial charge in [0.1, 0.15) is 0 Å². The average molecular weight is 400 g/mol. The molecule has 0 aliphatic heterocycles. The van der Waals surface area contributed by atoms with Crippen molar-refractivity contribution in [3.63, 3.8) is 0 Å². The molecule has 0 radical (unpaired) electrons. The molecule has 0 aromatic heterocycles. The van der Waals surface area contributed by atoms with Crippen molar-refractivity contribution < 1.29 is 5.11 Å². The van der Waals surface area contributed by atoms with Gasteiger partial charge < -0.3 is 10.0 Å². The summed E-state index contributed by atoms with van der Waals surface area (Å²) in [4.78, 5) is 2.09. The van der Waals surface area contributed by atoms with Crippen molar-refractivity contribution in [3.8, 4) is 0 Å². The highest BCUT2D eigenvalue weighted by molar-refractivity contribution is 5.27. The number of rotatable bonds is 11. The lowest BCUT2D eigenvalue weighted by atomic mass is 9.86. The van der Waals surface area contributed by atoms with E-state index in [1.165, 1.54) is 56.1 Å². The van der Waals surface area contributed by atoms with Crippen LogP contribution in [-0.4, -0.2) is 16.6 Å². The van der Waals surface area contributed by atoms with Gasteiger partial charge in [0.15, 0.2) is 0 Å². The van der Waals surface area contributed by atoms with Gasteiger partial charge in [-0.2, -0.15) is 0 Å². The molecule has 1 aliphatic carbocycles. The molecule has 2 nitrogen and oxygen atoms in total. The number of hydrogen-bond acceptors (Lipinski definition) is 2. The van der Waals surface area contributed by atoms with Crippen LogP contribution in [0.5, 0.6) is 0 Å². The largest absolute Gasteiger partial charge is 0.390 e. The van der Waals surface area contributed by atoms with Gasteiger partial charge in [-0.15, -0.1) is 0 Å². The summed E-state index contributed by atoms with van der Waals surface area (Å²) in [6.07, 6.45) is 11.3. The molecule has 1 aromatic rings. The molecule has 2 heteroatoms. The maximum atomic E-state index is 9.56. The van der Waals surface area contributed by atoms with Gasteiger partial charge in [0.25, 0.3) is 0 Å². The van der Waals surface area contributed by atoms with Gasteiger partial charge in [0.2, 0.25) is 0 Å². The highest BCUT2D eigenvalue weighted by Crippen LogP contribution is 2.37. The van der Waals surface area contributed by atoms with Crippen LogP contribution in [0.1, 0.15) is 103 Å². The second-order valence-corrected chi connectivity index (χ2v) is 8.62. The average Bonchev–Trinajstić information content (AvgIpc) is 3.27. The van der Waals surface area contributed by atoms with Gasteiger partial charge in [0, 0.05) is 17.9 Å². The Morgan fingerprint density at radius 3 is 2.14 bits per heavy atom. The zero-order valence-electron chi connectivity index (χ0n) is 19.6. The van der Waals surface area contributed by atoms with Gasteiger partial charge in [-0.1, -0.05) is 97.2 Å². The number of hydrogen-bond donors (Lipinski definition) is 1. The van der Waals surface area contributed by atoms with Crippen molar-refractivity contribution in [2.75, 3.05) is 6.61 Å². The van der Waals surface area contributed by atoms with Gasteiger partial charge in [-0.25, -0.2) is 0 Å². The molecule has 1 aliphatic rings. The van der Waals surface area contributed by atoms with Crippen molar-refractivity contribution in [3.05, 3.63) is 59.9 Å². The van der Waals surface area contributed by atoms with E-state index in [2.05, 4.69) is 70.0 Å². The maximum absolute atomic E-state index is 9.56. The molecule has 1 unspecified atom stereocenters. The monoisotopic (exact) mass is 399 g/mol. The molecule has 0 saturated heterocycles. The lowest BCUT2D eigenvalue weighted by molar-refractivity contribution is 0.272. The van der Waals surface area contributed by atoms with Gasteiger partial charge >= 0.3 is 0 Å². The summed E-state index contributed by atoms with van der Waals surface area (Å²) in [5.74, 6) is 1.50. The molecule has 0 amide bonds. The zero-order chi connectivity index (χ0) is 21.6. The van der Waals surface area contributed by atoms with E-state index < -0.39 is 0 Å². The molecule has 1 aromatic carbocycles. The molecular formula is C27H45NO. The van der Waals surface area contributed by atoms with E-state index in [1.807, 2.05) is 0 Å². The first-order valence-electron chi connectivity index (χ1n) is 11.8. The summed E-state index contributed by atoms with van der Waals surface area (Å²) >= 11 is 0. The van der Waals surface area contributed by atoms with Gasteiger partial charge in [-0.3, -0.25) is 0 Å². The first-order valence-corrected chi connectivity index (χ1v) is 11.8. The lowest BCUT2D eigenvalue weighted by Gasteiger charge is -2.28. The standard InChI is InChI=1S/C24H37NO.C3H8/c1-5-6-7-10-19(2)25(20(3)18-26)17-22-13-15-24(16-14-22)21(4)23-11-8-9-12-23;1-3-2/h13-16,21,23,26H,2-3,5-12,17-18H2,1,4H3;3H2,1-2H3. The number of aliphatic hydroxyl groups is 1. The molecular weight excluding hydrogens is 354 g/mol. The van der Waals surface area contributed by atoms with Gasteiger partial charge in [-0.05, 0) is 48.6 Å². The number of nitrogens with zero attached hydrogens (tertiary/aromatic N) is 1. The smallest absolute Gasteiger partial charge is 0.0827 e. The molecule has 0 bridgehead atoms. The molecule has 0 spiro atoms. The third-order valence-corrected chi connectivity index (χ3v) is 5.97. The van der Waals surface area contributed by atoms with E-state index in [0.717, 1.165) is 36.7 Å². The summed E-state index contributed by atoms with van der Waals surface area (Å²) in [5, 5.41) is 9.56. The van der Waals surface area contributed by atoms with Crippen LogP contribution >= 0.6 is 0 Å². The zero-order valence-corrected chi connectivity index (χ0v) is 19.6. The highest BCUT2D eigenvalue weighted by Gasteiger charge is 2.22. The van der Waals surface area contributed by atoms with Gasteiger partial charge in [0.05, 0.1) is 6.61 Å². The Balaban J connectivity index is 0.00000132. The Hall–Kier alpha value is -1.54. The number of unbranched alkanes of at least 4 members (excludes halogenated alkanes) is 2. The van der Waals surface area contributed by atoms with Crippen molar-refractivity contribution >= 4 is 0 Å². The van der Waals surface area contributed by atoms with E-state index in [-0.39, 0.29) is 6.61 Å². The van der Waals surface area contributed by atoms with E-state index in [0.29, 0.717) is 5.92 Å². The maximum Gasteiger partial charge on any atom is 0.0827 e. The molecule has 1 saturated carbocycles. The minimum absolute atomic E-state index is 0.0242. The number of aliphatic hydroxyl groups excluding tert-OH is 1. The topological polar surface area (TPSA) is 23.5 Å². The Bertz CT molecular complexity index is 583. The van der Waals surface area contributed by atoms with Crippen molar-refractivity contribution in [1.82, 2.24) is 4.90 Å². The minimum Gasteiger partial charge on any atom is -0.390 e. The van der Waals surface area contributed by atoms with E-state index >= 15 is 0 Å². The van der Waals surface area contributed by atoms with Crippen LogP contribution in [0.15, 0.2) is 48.8 Å². The Labute approximate surface area is 180 Å². The van der Waals surface area contributed by atoms with Crippen LogP contribution < -0.4 is 0 Å². The van der Waals surface area contributed by atoms with Crippen molar-refractivity contribution in [1.29, 1.82) is 0 Å². The predicted octanol–water partition coefficient (Wildman–Crippen LogP) is 7.80. The first-order chi connectivity index (χ1) is 14.0. The Morgan fingerprint density at radius 2 is 1.62 bits per heavy atom. The molecule has 2 rings (SSSR count).